The van der Waals surface area contributed by atoms with E-state index in [9.17, 15) is 4.79 Å². The molecule has 5 heteroatoms. The lowest BCUT2D eigenvalue weighted by Crippen LogP contribution is -2.17. The first-order chi connectivity index (χ1) is 11.1. The largest absolute Gasteiger partial charge is 0.489 e. The van der Waals surface area contributed by atoms with E-state index in [2.05, 4.69) is 15.2 Å². The fraction of sp³-hybridized carbons (Fsp3) is 0.333. The Morgan fingerprint density at radius 3 is 2.87 bits per heavy atom. The minimum absolute atomic E-state index is 0.0243. The standard InChI is InChI=1S/C18H23N3O2/c1-21(2)11-5-9-18(22)20-16-7-3-8-17(12-16)23-14-15-6-4-10-19-13-15/h3-4,6-8,10,12-13H,5,9,11,14H2,1-2H3,(H,20,22). The maximum atomic E-state index is 11.9. The summed E-state index contributed by atoms with van der Waals surface area (Å²) in [6.45, 7) is 1.36. The molecule has 1 amide bonds. The van der Waals surface area contributed by atoms with Crippen molar-refractivity contribution >= 4 is 11.6 Å². The summed E-state index contributed by atoms with van der Waals surface area (Å²) in [4.78, 5) is 18.0. The zero-order chi connectivity index (χ0) is 16.5. The Morgan fingerprint density at radius 1 is 1.26 bits per heavy atom. The SMILES string of the molecule is CN(C)CCCC(=O)Nc1cccc(OCc2cccnc2)c1. The highest BCUT2D eigenvalue weighted by atomic mass is 16.5. The van der Waals surface area contributed by atoms with E-state index in [0.29, 0.717) is 13.0 Å². The quantitative estimate of drug-likeness (QED) is 0.814. The number of carbonyl (C=O) groups is 1. The molecular formula is C18H23N3O2. The average molecular weight is 313 g/mol. The molecule has 2 aromatic rings. The molecule has 2 rings (SSSR count). The lowest BCUT2D eigenvalue weighted by atomic mass is 10.2. The van der Waals surface area contributed by atoms with Crippen molar-refractivity contribution in [3.63, 3.8) is 0 Å². The van der Waals surface area contributed by atoms with Crippen molar-refractivity contribution in [1.82, 2.24) is 9.88 Å². The van der Waals surface area contributed by atoms with Gasteiger partial charge in [-0.15, -0.1) is 0 Å². The van der Waals surface area contributed by atoms with Gasteiger partial charge in [0.2, 0.25) is 5.91 Å². The lowest BCUT2D eigenvalue weighted by molar-refractivity contribution is -0.116. The van der Waals surface area contributed by atoms with Gasteiger partial charge in [0, 0.05) is 36.1 Å². The highest BCUT2D eigenvalue weighted by Gasteiger charge is 2.04. The number of aromatic nitrogens is 1. The third kappa shape index (κ3) is 6.48. The third-order valence-electron chi connectivity index (χ3n) is 3.26. The first-order valence-electron chi connectivity index (χ1n) is 7.70. The van der Waals surface area contributed by atoms with Crippen LogP contribution < -0.4 is 10.1 Å². The second-order valence-electron chi connectivity index (χ2n) is 5.63. The number of ether oxygens (including phenoxy) is 1. The fourth-order valence-corrected chi connectivity index (χ4v) is 2.09. The van der Waals surface area contributed by atoms with Crippen LogP contribution in [0.5, 0.6) is 5.75 Å². The molecule has 0 aliphatic rings. The molecule has 23 heavy (non-hydrogen) atoms. The van der Waals surface area contributed by atoms with Crippen LogP contribution in [-0.2, 0) is 11.4 Å². The summed E-state index contributed by atoms with van der Waals surface area (Å²) in [5.41, 5.74) is 1.76. The Labute approximate surface area is 137 Å². The highest BCUT2D eigenvalue weighted by Crippen LogP contribution is 2.18. The Hall–Kier alpha value is -2.40. The zero-order valence-electron chi connectivity index (χ0n) is 13.7. The molecule has 0 bridgehead atoms. The van der Waals surface area contributed by atoms with Crippen molar-refractivity contribution < 1.29 is 9.53 Å². The van der Waals surface area contributed by atoms with Gasteiger partial charge >= 0.3 is 0 Å². The Morgan fingerprint density at radius 2 is 2.13 bits per heavy atom. The maximum Gasteiger partial charge on any atom is 0.224 e. The van der Waals surface area contributed by atoms with Gasteiger partial charge in [-0.1, -0.05) is 12.1 Å². The van der Waals surface area contributed by atoms with Gasteiger partial charge in [-0.25, -0.2) is 0 Å². The van der Waals surface area contributed by atoms with Gasteiger partial charge in [-0.2, -0.15) is 0 Å². The maximum absolute atomic E-state index is 11.9. The number of pyridine rings is 1. The van der Waals surface area contributed by atoms with Gasteiger partial charge in [0.05, 0.1) is 0 Å². The fourth-order valence-electron chi connectivity index (χ4n) is 2.09. The summed E-state index contributed by atoms with van der Waals surface area (Å²) >= 11 is 0. The van der Waals surface area contributed by atoms with Crippen LogP contribution in [0, 0.1) is 0 Å². The van der Waals surface area contributed by atoms with E-state index >= 15 is 0 Å². The van der Waals surface area contributed by atoms with Crippen LogP contribution in [0.15, 0.2) is 48.8 Å². The molecule has 0 aliphatic carbocycles. The van der Waals surface area contributed by atoms with Crippen molar-refractivity contribution in [1.29, 1.82) is 0 Å². The van der Waals surface area contributed by atoms with Gasteiger partial charge in [0.15, 0.2) is 0 Å². The highest BCUT2D eigenvalue weighted by molar-refractivity contribution is 5.90. The molecular weight excluding hydrogens is 290 g/mol. The van der Waals surface area contributed by atoms with Crippen LogP contribution >= 0.6 is 0 Å². The van der Waals surface area contributed by atoms with Crippen molar-refractivity contribution in [2.75, 3.05) is 26.0 Å². The normalized spacial score (nSPS) is 10.6. The number of benzene rings is 1. The minimum Gasteiger partial charge on any atom is -0.489 e. The summed E-state index contributed by atoms with van der Waals surface area (Å²) in [7, 11) is 4.00. The summed E-state index contributed by atoms with van der Waals surface area (Å²) in [5.74, 6) is 0.746. The molecule has 0 saturated heterocycles. The summed E-state index contributed by atoms with van der Waals surface area (Å²) < 4.78 is 5.73. The Kier molecular flexibility index (Phi) is 6.56. The molecule has 5 nitrogen and oxygen atoms in total. The molecule has 0 spiro atoms. The van der Waals surface area contributed by atoms with E-state index in [1.165, 1.54) is 0 Å². The van der Waals surface area contributed by atoms with Gasteiger partial charge in [-0.05, 0) is 45.3 Å². The summed E-state index contributed by atoms with van der Waals surface area (Å²) in [5, 5.41) is 2.90. The summed E-state index contributed by atoms with van der Waals surface area (Å²) in [6.07, 6.45) is 4.86. The number of rotatable bonds is 8. The van der Waals surface area contributed by atoms with Gasteiger partial charge in [0.25, 0.3) is 0 Å². The molecule has 0 unspecified atom stereocenters. The topological polar surface area (TPSA) is 54.5 Å². The predicted molar refractivity (Wildman–Crippen MR) is 91.4 cm³/mol. The van der Waals surface area contributed by atoms with Crippen LogP contribution in [-0.4, -0.2) is 36.4 Å². The molecule has 0 fully saturated rings. The third-order valence-corrected chi connectivity index (χ3v) is 3.26. The van der Waals surface area contributed by atoms with Crippen LogP contribution in [0.3, 0.4) is 0 Å². The number of hydrogen-bond acceptors (Lipinski definition) is 4. The number of nitrogens with zero attached hydrogens (tertiary/aromatic N) is 2. The molecule has 122 valence electrons. The first kappa shape index (κ1) is 17.0. The number of carbonyl (C=O) groups excluding carboxylic acids is 1. The molecule has 1 aromatic carbocycles. The van der Waals surface area contributed by atoms with Crippen molar-refractivity contribution in [2.45, 2.75) is 19.4 Å². The molecule has 1 N–H and O–H groups in total. The van der Waals surface area contributed by atoms with Crippen molar-refractivity contribution in [2.24, 2.45) is 0 Å². The molecule has 1 heterocycles. The van der Waals surface area contributed by atoms with Gasteiger partial charge in [-0.3, -0.25) is 9.78 Å². The Balaban J connectivity index is 1.83. The molecule has 0 saturated carbocycles. The van der Waals surface area contributed by atoms with Crippen LogP contribution in [0.25, 0.3) is 0 Å². The van der Waals surface area contributed by atoms with E-state index in [0.717, 1.165) is 30.0 Å². The lowest BCUT2D eigenvalue weighted by Gasteiger charge is -2.10. The van der Waals surface area contributed by atoms with Crippen LogP contribution in [0.4, 0.5) is 5.69 Å². The Bertz CT molecular complexity index is 615. The molecule has 1 aromatic heterocycles. The minimum atomic E-state index is 0.0243. The zero-order valence-corrected chi connectivity index (χ0v) is 13.7. The molecule has 0 atom stereocenters. The van der Waals surface area contributed by atoms with Gasteiger partial charge < -0.3 is 15.0 Å². The van der Waals surface area contributed by atoms with Crippen LogP contribution in [0.1, 0.15) is 18.4 Å². The smallest absolute Gasteiger partial charge is 0.224 e. The monoisotopic (exact) mass is 313 g/mol. The second-order valence-corrected chi connectivity index (χ2v) is 5.63. The van der Waals surface area contributed by atoms with E-state index in [1.807, 2.05) is 50.5 Å². The molecule has 0 aliphatic heterocycles. The van der Waals surface area contributed by atoms with E-state index < -0.39 is 0 Å². The van der Waals surface area contributed by atoms with Crippen LogP contribution in [0.2, 0.25) is 0 Å². The first-order valence-corrected chi connectivity index (χ1v) is 7.70. The molecule has 0 radical (unpaired) electrons. The van der Waals surface area contributed by atoms with Gasteiger partial charge in [0.1, 0.15) is 12.4 Å². The average Bonchev–Trinajstić information content (AvgIpc) is 2.54. The predicted octanol–water partition coefficient (Wildman–Crippen LogP) is 2.94. The van der Waals surface area contributed by atoms with E-state index in [-0.39, 0.29) is 5.91 Å². The van der Waals surface area contributed by atoms with Crippen molar-refractivity contribution in [3.05, 3.63) is 54.4 Å². The van der Waals surface area contributed by atoms with Crippen molar-refractivity contribution in [3.8, 4) is 5.75 Å². The second kappa shape index (κ2) is 8.90. The number of nitrogens with one attached hydrogen (secondary N) is 1. The number of amides is 1. The number of anilines is 1. The number of hydrogen-bond donors (Lipinski definition) is 1. The van der Waals surface area contributed by atoms with E-state index in [4.69, 9.17) is 4.74 Å². The van der Waals surface area contributed by atoms with E-state index in [1.54, 1.807) is 12.4 Å². The summed E-state index contributed by atoms with van der Waals surface area (Å²) in [6, 6.07) is 11.3.